The van der Waals surface area contributed by atoms with E-state index in [4.69, 9.17) is 4.74 Å². The highest BCUT2D eigenvalue weighted by atomic mass is 79.9. The Balaban J connectivity index is 1.76. The van der Waals surface area contributed by atoms with Gasteiger partial charge in [-0.25, -0.2) is 0 Å². The summed E-state index contributed by atoms with van der Waals surface area (Å²) < 4.78 is 8.62. The predicted octanol–water partition coefficient (Wildman–Crippen LogP) is 3.37. The zero-order valence-electron chi connectivity index (χ0n) is 17.0. The highest BCUT2D eigenvalue weighted by Gasteiger charge is 2.25. The molecular weight excluding hydrogens is 456 g/mol. The summed E-state index contributed by atoms with van der Waals surface area (Å²) >= 11 is 3.15. The highest BCUT2D eigenvalue weighted by Crippen LogP contribution is 2.27. The number of aromatic nitrogens is 4. The second-order valence-electron chi connectivity index (χ2n) is 6.74. The molecule has 30 heavy (non-hydrogen) atoms. The van der Waals surface area contributed by atoms with Crippen LogP contribution in [0.15, 0.2) is 28.7 Å². The molecule has 1 N–H and O–H groups in total. The summed E-state index contributed by atoms with van der Waals surface area (Å²) in [5.41, 5.74) is 3.60. The van der Waals surface area contributed by atoms with E-state index < -0.39 is 4.92 Å². The minimum absolute atomic E-state index is 0.155. The standard InChI is InChI=1S/C19H21BrN6O4/c1-11-18(13(3)24(22-11)9-14-6-5-7-15(8-14)30-4)21-16(27)10-25-12(2)17(20)19(23-25)26(28)29/h5-8H,9-10H2,1-4H3,(H,21,27). The van der Waals surface area contributed by atoms with Crippen LogP contribution < -0.4 is 10.1 Å². The summed E-state index contributed by atoms with van der Waals surface area (Å²) in [6, 6.07) is 7.69. The number of carbonyl (C=O) groups is 1. The van der Waals surface area contributed by atoms with E-state index in [-0.39, 0.29) is 22.7 Å². The number of carbonyl (C=O) groups excluding carboxylic acids is 1. The number of hydrogen-bond donors (Lipinski definition) is 1. The Morgan fingerprint density at radius 2 is 1.97 bits per heavy atom. The molecule has 0 fully saturated rings. The lowest BCUT2D eigenvalue weighted by atomic mass is 10.2. The van der Waals surface area contributed by atoms with Gasteiger partial charge in [0.2, 0.25) is 5.91 Å². The van der Waals surface area contributed by atoms with Crippen LogP contribution in [0.2, 0.25) is 0 Å². The molecule has 0 atom stereocenters. The monoisotopic (exact) mass is 476 g/mol. The van der Waals surface area contributed by atoms with Gasteiger partial charge in [0.15, 0.2) is 0 Å². The molecule has 1 amide bonds. The maximum Gasteiger partial charge on any atom is 0.404 e. The molecule has 0 aliphatic heterocycles. The third-order valence-corrected chi connectivity index (χ3v) is 5.62. The first-order valence-electron chi connectivity index (χ1n) is 9.05. The number of halogens is 1. The first kappa shape index (κ1) is 21.5. The van der Waals surface area contributed by atoms with Gasteiger partial charge in [0, 0.05) is 0 Å². The molecular formula is C19H21BrN6O4. The zero-order chi connectivity index (χ0) is 22.0. The third kappa shape index (κ3) is 4.35. The Hall–Kier alpha value is -3.21. The summed E-state index contributed by atoms with van der Waals surface area (Å²) in [5.74, 6) is 0.0892. The van der Waals surface area contributed by atoms with Crippen molar-refractivity contribution in [2.24, 2.45) is 0 Å². The molecule has 158 valence electrons. The van der Waals surface area contributed by atoms with Crippen molar-refractivity contribution in [2.75, 3.05) is 12.4 Å². The summed E-state index contributed by atoms with van der Waals surface area (Å²) in [6.45, 7) is 5.71. The van der Waals surface area contributed by atoms with Crippen molar-refractivity contribution in [2.45, 2.75) is 33.9 Å². The molecule has 0 saturated carbocycles. The van der Waals surface area contributed by atoms with E-state index in [1.807, 2.05) is 38.1 Å². The number of nitrogens with one attached hydrogen (secondary N) is 1. The molecule has 2 aromatic heterocycles. The van der Waals surface area contributed by atoms with E-state index >= 15 is 0 Å². The lowest BCUT2D eigenvalue weighted by Gasteiger charge is -2.08. The van der Waals surface area contributed by atoms with Gasteiger partial charge in [-0.1, -0.05) is 12.1 Å². The van der Waals surface area contributed by atoms with E-state index in [1.165, 1.54) is 4.68 Å². The second-order valence-corrected chi connectivity index (χ2v) is 7.53. The van der Waals surface area contributed by atoms with Crippen molar-refractivity contribution in [3.05, 3.63) is 61.5 Å². The average Bonchev–Trinajstić information content (AvgIpc) is 3.13. The molecule has 0 saturated heterocycles. The van der Waals surface area contributed by atoms with Crippen molar-refractivity contribution in [1.29, 1.82) is 0 Å². The van der Waals surface area contributed by atoms with Gasteiger partial charge in [-0.2, -0.15) is 9.78 Å². The summed E-state index contributed by atoms with van der Waals surface area (Å²) in [4.78, 5) is 23.0. The minimum Gasteiger partial charge on any atom is -0.497 e. The van der Waals surface area contributed by atoms with E-state index in [9.17, 15) is 14.9 Å². The first-order valence-corrected chi connectivity index (χ1v) is 9.84. The maximum absolute atomic E-state index is 12.6. The zero-order valence-corrected chi connectivity index (χ0v) is 18.6. The number of amides is 1. The van der Waals surface area contributed by atoms with Crippen LogP contribution >= 0.6 is 15.9 Å². The number of aryl methyl sites for hydroxylation is 1. The molecule has 0 bridgehead atoms. The van der Waals surface area contributed by atoms with Gasteiger partial charge in [-0.15, -0.1) is 0 Å². The average molecular weight is 477 g/mol. The Morgan fingerprint density at radius 1 is 1.23 bits per heavy atom. The number of anilines is 1. The maximum atomic E-state index is 12.6. The fourth-order valence-electron chi connectivity index (χ4n) is 3.07. The molecule has 10 nitrogen and oxygen atoms in total. The van der Waals surface area contributed by atoms with Gasteiger partial charge in [-0.3, -0.25) is 9.48 Å². The molecule has 0 spiro atoms. The van der Waals surface area contributed by atoms with Crippen LogP contribution in [0, 0.1) is 30.9 Å². The van der Waals surface area contributed by atoms with Gasteiger partial charge in [0.1, 0.15) is 16.8 Å². The number of rotatable bonds is 7. The van der Waals surface area contributed by atoms with Crippen LogP contribution in [0.25, 0.3) is 0 Å². The quantitative estimate of drug-likeness (QED) is 0.412. The fraction of sp³-hybridized carbons (Fsp3) is 0.316. The third-order valence-electron chi connectivity index (χ3n) is 4.70. The van der Waals surface area contributed by atoms with E-state index in [0.717, 1.165) is 17.0 Å². The molecule has 3 aromatic rings. The molecule has 1 aromatic carbocycles. The molecule has 3 rings (SSSR count). The van der Waals surface area contributed by atoms with Crippen molar-refractivity contribution in [1.82, 2.24) is 19.6 Å². The number of nitro groups is 1. The van der Waals surface area contributed by atoms with Gasteiger partial charge in [-0.05, 0) is 59.3 Å². The van der Waals surface area contributed by atoms with Crippen LogP contribution in [0.4, 0.5) is 11.5 Å². The van der Waals surface area contributed by atoms with Crippen molar-refractivity contribution in [3.63, 3.8) is 0 Å². The van der Waals surface area contributed by atoms with E-state index in [2.05, 4.69) is 31.4 Å². The highest BCUT2D eigenvalue weighted by molar-refractivity contribution is 9.10. The van der Waals surface area contributed by atoms with Crippen LogP contribution in [-0.2, 0) is 17.9 Å². The lowest BCUT2D eigenvalue weighted by Crippen LogP contribution is -2.21. The number of methoxy groups -OCH3 is 1. The SMILES string of the molecule is COc1cccc(Cn2nc(C)c(NC(=O)Cn3nc([N+](=O)[O-])c(Br)c3C)c2C)c1. The van der Waals surface area contributed by atoms with Crippen LogP contribution in [0.1, 0.15) is 22.6 Å². The smallest absolute Gasteiger partial charge is 0.404 e. The summed E-state index contributed by atoms with van der Waals surface area (Å²) in [5, 5.41) is 22.3. The molecule has 0 unspecified atom stereocenters. The molecule has 0 aliphatic rings. The topological polar surface area (TPSA) is 117 Å². The second kappa shape index (κ2) is 8.66. The molecule has 2 heterocycles. The number of ether oxygens (including phenoxy) is 1. The number of hydrogen-bond acceptors (Lipinski definition) is 6. The van der Waals surface area contributed by atoms with Gasteiger partial charge in [0.25, 0.3) is 0 Å². The molecule has 11 heteroatoms. The lowest BCUT2D eigenvalue weighted by molar-refractivity contribution is -0.390. The molecule has 0 radical (unpaired) electrons. The van der Waals surface area contributed by atoms with Crippen LogP contribution in [0.5, 0.6) is 5.75 Å². The van der Waals surface area contributed by atoms with Gasteiger partial charge < -0.3 is 20.2 Å². The van der Waals surface area contributed by atoms with Crippen molar-refractivity contribution in [3.8, 4) is 5.75 Å². The fourth-order valence-corrected chi connectivity index (χ4v) is 3.50. The Bertz CT molecular complexity index is 1120. The summed E-state index contributed by atoms with van der Waals surface area (Å²) in [6.07, 6.45) is 0. The first-order chi connectivity index (χ1) is 14.2. The predicted molar refractivity (Wildman–Crippen MR) is 114 cm³/mol. The van der Waals surface area contributed by atoms with E-state index in [0.29, 0.717) is 23.6 Å². The number of nitrogens with zero attached hydrogens (tertiary/aromatic N) is 5. The molecule has 0 aliphatic carbocycles. The Labute approximate surface area is 181 Å². The van der Waals surface area contributed by atoms with Crippen LogP contribution in [0.3, 0.4) is 0 Å². The van der Waals surface area contributed by atoms with Crippen molar-refractivity contribution >= 4 is 33.3 Å². The van der Waals surface area contributed by atoms with Crippen LogP contribution in [-0.4, -0.2) is 37.5 Å². The Morgan fingerprint density at radius 3 is 2.60 bits per heavy atom. The largest absolute Gasteiger partial charge is 0.497 e. The van der Waals surface area contributed by atoms with E-state index in [1.54, 1.807) is 18.7 Å². The number of benzene rings is 1. The van der Waals surface area contributed by atoms with Gasteiger partial charge in [0.05, 0.1) is 41.5 Å². The van der Waals surface area contributed by atoms with Gasteiger partial charge >= 0.3 is 5.82 Å². The van der Waals surface area contributed by atoms with Crippen molar-refractivity contribution < 1.29 is 14.5 Å². The summed E-state index contributed by atoms with van der Waals surface area (Å²) in [7, 11) is 1.62. The normalized spacial score (nSPS) is 10.8. The minimum atomic E-state index is -0.595. The Kier molecular flexibility index (Phi) is 6.20.